The molecule has 1 aromatic carbocycles. The largest absolute Gasteiger partial charge is 1.00 e. The Kier molecular flexibility index (Phi) is 7.67. The normalized spacial score (nSPS) is 24.6. The number of rotatable bonds is 5. The third-order valence-corrected chi connectivity index (χ3v) is 3.59. The molecule has 1 heterocycles. The molecule has 0 saturated carbocycles. The summed E-state index contributed by atoms with van der Waals surface area (Å²) in [6.07, 6.45) is -0.550. The SMILES string of the molecule is CC(=O)OCC1OC(c2ccccc2)OCC1C[N+](C)(C)C.[Br-]. The van der Waals surface area contributed by atoms with Gasteiger partial charge in [0.1, 0.15) is 12.7 Å². The molecule has 2 rings (SSSR count). The van der Waals surface area contributed by atoms with Crippen LogP contribution in [0.1, 0.15) is 18.8 Å². The van der Waals surface area contributed by atoms with E-state index in [-0.39, 0.29) is 41.6 Å². The highest BCUT2D eigenvalue weighted by atomic mass is 79.9. The average molecular weight is 388 g/mol. The summed E-state index contributed by atoms with van der Waals surface area (Å²) in [4.78, 5) is 11.1. The van der Waals surface area contributed by atoms with Gasteiger partial charge in [0.05, 0.1) is 40.2 Å². The lowest BCUT2D eigenvalue weighted by atomic mass is 10.0. The minimum absolute atomic E-state index is 0. The Morgan fingerprint density at radius 2 is 1.91 bits per heavy atom. The molecule has 0 radical (unpaired) electrons. The summed E-state index contributed by atoms with van der Waals surface area (Å²) in [6.45, 7) is 3.18. The van der Waals surface area contributed by atoms with Crippen LogP contribution < -0.4 is 17.0 Å². The van der Waals surface area contributed by atoms with Crippen molar-refractivity contribution in [2.75, 3.05) is 40.9 Å². The fourth-order valence-electron chi connectivity index (χ4n) is 2.66. The Balaban J connectivity index is 0.00000264. The van der Waals surface area contributed by atoms with Crippen LogP contribution in [-0.2, 0) is 19.0 Å². The maximum absolute atomic E-state index is 11.1. The van der Waals surface area contributed by atoms with Crippen LogP contribution in [0.15, 0.2) is 30.3 Å². The highest BCUT2D eigenvalue weighted by Gasteiger charge is 2.36. The fraction of sp³-hybridized carbons (Fsp3) is 0.588. The number of halogens is 1. The molecule has 1 aliphatic rings. The Bertz CT molecular complexity index is 489. The number of carbonyl (C=O) groups excluding carboxylic acids is 1. The molecular formula is C17H26BrNO4. The smallest absolute Gasteiger partial charge is 0.302 e. The Morgan fingerprint density at radius 1 is 1.26 bits per heavy atom. The number of nitrogens with zero attached hydrogens (tertiary/aromatic N) is 1. The van der Waals surface area contributed by atoms with Crippen molar-refractivity contribution in [3.05, 3.63) is 35.9 Å². The minimum Gasteiger partial charge on any atom is -1.00 e. The van der Waals surface area contributed by atoms with Gasteiger partial charge in [-0.15, -0.1) is 0 Å². The zero-order valence-electron chi connectivity index (χ0n) is 14.2. The molecule has 0 amide bonds. The van der Waals surface area contributed by atoms with Gasteiger partial charge in [-0.3, -0.25) is 4.79 Å². The Hall–Kier alpha value is -0.950. The lowest BCUT2D eigenvalue weighted by Crippen LogP contribution is -3.00. The van der Waals surface area contributed by atoms with Crippen molar-refractivity contribution >= 4 is 5.97 Å². The van der Waals surface area contributed by atoms with E-state index in [2.05, 4.69) is 21.1 Å². The van der Waals surface area contributed by atoms with Gasteiger partial charge >= 0.3 is 5.97 Å². The van der Waals surface area contributed by atoms with Crippen molar-refractivity contribution < 1.29 is 40.5 Å². The average Bonchev–Trinajstić information content (AvgIpc) is 2.45. The summed E-state index contributed by atoms with van der Waals surface area (Å²) in [5, 5.41) is 0. The first kappa shape index (κ1) is 20.1. The molecule has 5 nitrogen and oxygen atoms in total. The summed E-state index contributed by atoms with van der Waals surface area (Å²) in [5.41, 5.74) is 0.985. The highest BCUT2D eigenvalue weighted by Crippen LogP contribution is 2.30. The molecule has 3 atom stereocenters. The molecular weight excluding hydrogens is 362 g/mol. The van der Waals surface area contributed by atoms with Crippen LogP contribution in [0.4, 0.5) is 0 Å². The molecule has 0 N–H and O–H groups in total. The van der Waals surface area contributed by atoms with Gasteiger partial charge in [-0.1, -0.05) is 30.3 Å². The van der Waals surface area contributed by atoms with Crippen molar-refractivity contribution in [2.45, 2.75) is 19.3 Å². The zero-order chi connectivity index (χ0) is 16.2. The highest BCUT2D eigenvalue weighted by molar-refractivity contribution is 5.65. The molecule has 0 spiro atoms. The van der Waals surface area contributed by atoms with E-state index in [0.717, 1.165) is 16.6 Å². The summed E-state index contributed by atoms with van der Waals surface area (Å²) in [6, 6.07) is 9.84. The molecule has 1 aromatic rings. The van der Waals surface area contributed by atoms with Crippen molar-refractivity contribution in [3.8, 4) is 0 Å². The summed E-state index contributed by atoms with van der Waals surface area (Å²) in [7, 11) is 6.39. The van der Waals surface area contributed by atoms with Gasteiger partial charge in [0.15, 0.2) is 6.29 Å². The van der Waals surface area contributed by atoms with E-state index in [9.17, 15) is 4.79 Å². The van der Waals surface area contributed by atoms with Crippen LogP contribution in [0.2, 0.25) is 0 Å². The number of ether oxygens (including phenoxy) is 3. The third kappa shape index (κ3) is 6.59. The standard InChI is InChI=1S/C17H26NO4.BrH/c1-13(19)20-12-16-15(10-18(2,3)4)11-21-17(22-16)14-8-6-5-7-9-14;/h5-9,15-17H,10-12H2,1-4H3;1H/q+1;/p-1. The lowest BCUT2D eigenvalue weighted by molar-refractivity contribution is -0.874. The van der Waals surface area contributed by atoms with Crippen LogP contribution in [0.5, 0.6) is 0 Å². The Labute approximate surface area is 148 Å². The molecule has 0 aliphatic carbocycles. The number of esters is 1. The predicted octanol–water partition coefficient (Wildman–Crippen LogP) is -1.01. The quantitative estimate of drug-likeness (QED) is 0.479. The monoisotopic (exact) mass is 387 g/mol. The number of quaternary nitrogens is 1. The number of benzene rings is 1. The van der Waals surface area contributed by atoms with Gasteiger partial charge in [0.25, 0.3) is 0 Å². The molecule has 23 heavy (non-hydrogen) atoms. The maximum atomic E-state index is 11.1. The second-order valence-electron chi connectivity index (χ2n) is 6.79. The first-order valence-corrected chi connectivity index (χ1v) is 7.61. The molecule has 1 aliphatic heterocycles. The van der Waals surface area contributed by atoms with Crippen LogP contribution in [0.25, 0.3) is 0 Å². The van der Waals surface area contributed by atoms with Gasteiger partial charge in [-0.25, -0.2) is 0 Å². The van der Waals surface area contributed by atoms with Gasteiger partial charge in [-0.05, 0) is 0 Å². The molecule has 6 heteroatoms. The predicted molar refractivity (Wildman–Crippen MR) is 83.0 cm³/mol. The van der Waals surface area contributed by atoms with Gasteiger partial charge < -0.3 is 35.7 Å². The molecule has 1 saturated heterocycles. The van der Waals surface area contributed by atoms with Crippen LogP contribution in [0.3, 0.4) is 0 Å². The maximum Gasteiger partial charge on any atom is 0.302 e. The van der Waals surface area contributed by atoms with E-state index in [1.54, 1.807) is 0 Å². The molecule has 1 fully saturated rings. The first-order chi connectivity index (χ1) is 10.3. The van der Waals surface area contributed by atoms with Crippen molar-refractivity contribution in [1.82, 2.24) is 0 Å². The minimum atomic E-state index is -0.398. The van der Waals surface area contributed by atoms with Gasteiger partial charge in [0, 0.05) is 12.5 Å². The van der Waals surface area contributed by atoms with Crippen molar-refractivity contribution in [1.29, 1.82) is 0 Å². The van der Waals surface area contributed by atoms with E-state index in [1.807, 2.05) is 30.3 Å². The summed E-state index contributed by atoms with van der Waals surface area (Å²) in [5.74, 6) is -0.0883. The zero-order valence-corrected chi connectivity index (χ0v) is 15.8. The summed E-state index contributed by atoms with van der Waals surface area (Å²) >= 11 is 0. The van der Waals surface area contributed by atoms with Crippen molar-refractivity contribution in [3.63, 3.8) is 0 Å². The van der Waals surface area contributed by atoms with Gasteiger partial charge in [0.2, 0.25) is 0 Å². The van der Waals surface area contributed by atoms with Crippen LogP contribution in [-0.4, -0.2) is 57.5 Å². The van der Waals surface area contributed by atoms with E-state index >= 15 is 0 Å². The molecule has 0 bridgehead atoms. The molecule has 130 valence electrons. The first-order valence-electron chi connectivity index (χ1n) is 7.61. The number of hydrogen-bond donors (Lipinski definition) is 0. The van der Waals surface area contributed by atoms with Gasteiger partial charge in [-0.2, -0.15) is 0 Å². The van der Waals surface area contributed by atoms with E-state index in [0.29, 0.717) is 6.61 Å². The van der Waals surface area contributed by atoms with E-state index in [4.69, 9.17) is 14.2 Å². The Morgan fingerprint density at radius 3 is 2.48 bits per heavy atom. The summed E-state index contributed by atoms with van der Waals surface area (Å²) < 4.78 is 18.0. The van der Waals surface area contributed by atoms with E-state index < -0.39 is 6.29 Å². The number of hydrogen-bond acceptors (Lipinski definition) is 4. The second kappa shape index (κ2) is 8.78. The van der Waals surface area contributed by atoms with Crippen LogP contribution >= 0.6 is 0 Å². The van der Waals surface area contributed by atoms with Crippen molar-refractivity contribution in [2.24, 2.45) is 5.92 Å². The third-order valence-electron chi connectivity index (χ3n) is 3.59. The topological polar surface area (TPSA) is 44.8 Å². The second-order valence-corrected chi connectivity index (χ2v) is 6.79. The molecule has 3 unspecified atom stereocenters. The van der Waals surface area contributed by atoms with E-state index in [1.165, 1.54) is 6.92 Å². The lowest BCUT2D eigenvalue weighted by Gasteiger charge is -2.39. The molecule has 0 aromatic heterocycles. The van der Waals surface area contributed by atoms with Crippen LogP contribution in [0, 0.1) is 5.92 Å². The fourth-order valence-corrected chi connectivity index (χ4v) is 2.66. The number of carbonyl (C=O) groups is 1.